The van der Waals surface area contributed by atoms with Gasteiger partial charge in [0.2, 0.25) is 6.54 Å². The number of rotatable bonds is 4. The first-order valence-electron chi connectivity index (χ1n) is 4.33. The molecule has 0 aliphatic heterocycles. The highest BCUT2D eigenvalue weighted by molar-refractivity contribution is 5.37. The van der Waals surface area contributed by atoms with Gasteiger partial charge in [0.15, 0.2) is 0 Å². The highest BCUT2D eigenvalue weighted by Gasteiger charge is 2.01. The summed E-state index contributed by atoms with van der Waals surface area (Å²) in [4.78, 5) is 15.9. The van der Waals surface area contributed by atoms with E-state index in [0.29, 0.717) is 6.42 Å². The molecular weight excluding hydrogens is 182 g/mol. The molecule has 1 aromatic heterocycles. The van der Waals surface area contributed by atoms with E-state index in [2.05, 4.69) is 4.98 Å². The molecule has 5 heteroatoms. The fourth-order valence-electron chi connectivity index (χ4n) is 1.05. The molecule has 5 nitrogen and oxygen atoms in total. The summed E-state index contributed by atoms with van der Waals surface area (Å²) in [7, 11) is 3.80. The molecule has 0 amide bonds. The van der Waals surface area contributed by atoms with Crippen LogP contribution in [-0.4, -0.2) is 30.5 Å². The van der Waals surface area contributed by atoms with Gasteiger partial charge in [-0.3, -0.25) is 10.1 Å². The van der Waals surface area contributed by atoms with Crippen molar-refractivity contribution in [2.45, 2.75) is 6.42 Å². The number of anilines is 1. The van der Waals surface area contributed by atoms with Gasteiger partial charge < -0.3 is 4.90 Å². The lowest BCUT2D eigenvalue weighted by atomic mass is 10.2. The van der Waals surface area contributed by atoms with Crippen molar-refractivity contribution >= 4 is 5.82 Å². The van der Waals surface area contributed by atoms with Gasteiger partial charge in [-0.1, -0.05) is 6.07 Å². The average Bonchev–Trinajstić information content (AvgIpc) is 2.15. The molecule has 14 heavy (non-hydrogen) atoms. The largest absolute Gasteiger partial charge is 0.363 e. The summed E-state index contributed by atoms with van der Waals surface area (Å²) in [6.07, 6.45) is 2.12. The van der Waals surface area contributed by atoms with Crippen LogP contribution in [0.15, 0.2) is 18.3 Å². The molecular formula is C9H13N3O2. The number of pyridine rings is 1. The Labute approximate surface area is 82.5 Å². The number of nitrogens with zero attached hydrogens (tertiary/aromatic N) is 3. The fourth-order valence-corrected chi connectivity index (χ4v) is 1.05. The predicted molar refractivity (Wildman–Crippen MR) is 54.1 cm³/mol. The van der Waals surface area contributed by atoms with Crippen LogP contribution >= 0.6 is 0 Å². The van der Waals surface area contributed by atoms with Crippen molar-refractivity contribution in [2.75, 3.05) is 25.5 Å². The van der Waals surface area contributed by atoms with Gasteiger partial charge in [-0.2, -0.15) is 0 Å². The van der Waals surface area contributed by atoms with Crippen LogP contribution in [0.3, 0.4) is 0 Å². The smallest absolute Gasteiger partial charge is 0.207 e. The highest BCUT2D eigenvalue weighted by Crippen LogP contribution is 2.07. The molecule has 0 atom stereocenters. The van der Waals surface area contributed by atoms with E-state index in [1.807, 2.05) is 31.1 Å². The van der Waals surface area contributed by atoms with Crippen molar-refractivity contribution < 1.29 is 4.92 Å². The number of nitro groups is 1. The van der Waals surface area contributed by atoms with Crippen LogP contribution in [0.5, 0.6) is 0 Å². The first kappa shape index (κ1) is 10.4. The topological polar surface area (TPSA) is 59.3 Å². The SMILES string of the molecule is CN(C)c1ccc(CC[N+](=O)[O-])cn1. The van der Waals surface area contributed by atoms with Crippen LogP contribution in [0.1, 0.15) is 5.56 Å². The maximum atomic E-state index is 10.1. The van der Waals surface area contributed by atoms with E-state index < -0.39 is 0 Å². The summed E-state index contributed by atoms with van der Waals surface area (Å²) in [5, 5.41) is 10.1. The fraction of sp³-hybridized carbons (Fsp3) is 0.444. The van der Waals surface area contributed by atoms with E-state index in [4.69, 9.17) is 0 Å². The van der Waals surface area contributed by atoms with Crippen molar-refractivity contribution in [3.63, 3.8) is 0 Å². The normalized spacial score (nSPS) is 9.86. The molecule has 0 aliphatic rings. The Balaban J connectivity index is 2.59. The molecule has 0 radical (unpaired) electrons. The van der Waals surface area contributed by atoms with Gasteiger partial charge >= 0.3 is 0 Å². The Morgan fingerprint density at radius 1 is 1.50 bits per heavy atom. The van der Waals surface area contributed by atoms with Crippen molar-refractivity contribution in [3.05, 3.63) is 34.0 Å². The molecule has 1 rings (SSSR count). The van der Waals surface area contributed by atoms with Crippen LogP contribution in [0, 0.1) is 10.1 Å². The second-order valence-corrected chi connectivity index (χ2v) is 3.23. The van der Waals surface area contributed by atoms with Crippen molar-refractivity contribution in [2.24, 2.45) is 0 Å². The first-order valence-corrected chi connectivity index (χ1v) is 4.33. The zero-order valence-electron chi connectivity index (χ0n) is 8.30. The molecule has 1 aromatic rings. The number of hydrogen-bond acceptors (Lipinski definition) is 4. The zero-order valence-corrected chi connectivity index (χ0v) is 8.30. The van der Waals surface area contributed by atoms with E-state index in [9.17, 15) is 10.1 Å². The van der Waals surface area contributed by atoms with Gasteiger partial charge in [0.1, 0.15) is 5.82 Å². The lowest BCUT2D eigenvalue weighted by molar-refractivity contribution is -0.479. The van der Waals surface area contributed by atoms with Crippen molar-refractivity contribution in [1.29, 1.82) is 0 Å². The van der Waals surface area contributed by atoms with E-state index in [1.54, 1.807) is 6.20 Å². The number of hydrogen-bond donors (Lipinski definition) is 0. The van der Waals surface area contributed by atoms with Crippen LogP contribution in [0.2, 0.25) is 0 Å². The molecule has 0 aliphatic carbocycles. The monoisotopic (exact) mass is 195 g/mol. The molecule has 0 saturated heterocycles. The second-order valence-electron chi connectivity index (χ2n) is 3.23. The maximum Gasteiger partial charge on any atom is 0.207 e. The van der Waals surface area contributed by atoms with Gasteiger partial charge in [-0.25, -0.2) is 4.98 Å². The lowest BCUT2D eigenvalue weighted by Gasteiger charge is -2.10. The third-order valence-corrected chi connectivity index (χ3v) is 1.85. The summed E-state index contributed by atoms with van der Waals surface area (Å²) in [6, 6.07) is 3.72. The maximum absolute atomic E-state index is 10.1. The molecule has 0 aromatic carbocycles. The minimum Gasteiger partial charge on any atom is -0.363 e. The van der Waals surface area contributed by atoms with E-state index in [1.165, 1.54) is 0 Å². The van der Waals surface area contributed by atoms with Gasteiger partial charge in [-0.05, 0) is 11.6 Å². The quantitative estimate of drug-likeness (QED) is 0.530. The summed E-state index contributed by atoms with van der Waals surface area (Å²) in [5.41, 5.74) is 0.896. The zero-order chi connectivity index (χ0) is 10.6. The third-order valence-electron chi connectivity index (χ3n) is 1.85. The Morgan fingerprint density at radius 2 is 2.21 bits per heavy atom. The minimum atomic E-state index is -0.320. The van der Waals surface area contributed by atoms with Crippen molar-refractivity contribution in [3.8, 4) is 0 Å². The molecule has 0 saturated carbocycles. The first-order chi connectivity index (χ1) is 6.59. The van der Waals surface area contributed by atoms with Crippen LogP contribution in [-0.2, 0) is 6.42 Å². The van der Waals surface area contributed by atoms with Crippen LogP contribution in [0.25, 0.3) is 0 Å². The third kappa shape index (κ3) is 3.01. The molecule has 0 spiro atoms. The van der Waals surface area contributed by atoms with Crippen LogP contribution < -0.4 is 4.90 Å². The van der Waals surface area contributed by atoms with E-state index in [-0.39, 0.29) is 11.5 Å². The molecule has 0 fully saturated rings. The molecule has 76 valence electrons. The Hall–Kier alpha value is -1.65. The Morgan fingerprint density at radius 3 is 2.64 bits per heavy atom. The second kappa shape index (κ2) is 4.55. The summed E-state index contributed by atoms with van der Waals surface area (Å²) in [6.45, 7) is -0.0387. The van der Waals surface area contributed by atoms with Gasteiger partial charge in [0, 0.05) is 31.6 Å². The molecule has 0 unspecified atom stereocenters. The average molecular weight is 195 g/mol. The molecule has 0 bridgehead atoms. The summed E-state index contributed by atoms with van der Waals surface area (Å²) < 4.78 is 0. The van der Waals surface area contributed by atoms with Crippen molar-refractivity contribution in [1.82, 2.24) is 4.98 Å². The van der Waals surface area contributed by atoms with Gasteiger partial charge in [-0.15, -0.1) is 0 Å². The lowest BCUT2D eigenvalue weighted by Crippen LogP contribution is -2.11. The van der Waals surface area contributed by atoms with Gasteiger partial charge in [0.05, 0.1) is 0 Å². The summed E-state index contributed by atoms with van der Waals surface area (Å²) >= 11 is 0. The summed E-state index contributed by atoms with van der Waals surface area (Å²) in [5.74, 6) is 0.856. The van der Waals surface area contributed by atoms with Gasteiger partial charge in [0.25, 0.3) is 0 Å². The highest BCUT2D eigenvalue weighted by atomic mass is 16.6. The van der Waals surface area contributed by atoms with E-state index >= 15 is 0 Å². The standard InChI is InChI=1S/C9H13N3O2/c1-11(2)9-4-3-8(7-10-9)5-6-12(13)14/h3-4,7H,5-6H2,1-2H3. The number of aromatic nitrogens is 1. The minimum absolute atomic E-state index is 0.0387. The molecule has 1 heterocycles. The van der Waals surface area contributed by atoms with E-state index in [0.717, 1.165) is 11.4 Å². The Bertz CT molecular complexity index is 308. The molecule has 0 N–H and O–H groups in total. The predicted octanol–water partition coefficient (Wildman–Crippen LogP) is 0.967. The van der Waals surface area contributed by atoms with Crippen LogP contribution in [0.4, 0.5) is 5.82 Å². The Kier molecular flexibility index (Phi) is 3.39.